The highest BCUT2D eigenvalue weighted by atomic mass is 32.1. The fourth-order valence-corrected chi connectivity index (χ4v) is 17.1. The second-order valence-corrected chi connectivity index (χ2v) is 31.6. The molecule has 0 bridgehead atoms. The van der Waals surface area contributed by atoms with Gasteiger partial charge in [0.1, 0.15) is 65.7 Å². The summed E-state index contributed by atoms with van der Waals surface area (Å²) >= 11 is 1.55. The average molecular weight is 1540 g/mol. The normalized spacial score (nSPS) is 20.2. The summed E-state index contributed by atoms with van der Waals surface area (Å²) in [4.78, 5) is 155. The van der Waals surface area contributed by atoms with Gasteiger partial charge in [-0.25, -0.2) is 9.97 Å². The first-order valence-electron chi connectivity index (χ1n) is 37.9. The van der Waals surface area contributed by atoms with E-state index in [-0.39, 0.29) is 107 Å². The Morgan fingerprint density at radius 1 is 0.562 bits per heavy atom. The van der Waals surface area contributed by atoms with Crippen molar-refractivity contribution in [2.45, 2.75) is 162 Å². The molecule has 6 aliphatic heterocycles. The van der Waals surface area contributed by atoms with Crippen molar-refractivity contribution in [2.24, 2.45) is 24.8 Å². The smallest absolute Gasteiger partial charge is 0.255 e. The number of carbonyl (C=O) groups is 9. The van der Waals surface area contributed by atoms with E-state index in [4.69, 9.17) is 18.7 Å². The van der Waals surface area contributed by atoms with Crippen molar-refractivity contribution in [3.8, 4) is 44.6 Å². The first-order valence-corrected chi connectivity index (χ1v) is 38.8. The molecule has 5 aromatic carbocycles. The van der Waals surface area contributed by atoms with Crippen molar-refractivity contribution in [3.63, 3.8) is 0 Å². The molecule has 0 aliphatic carbocycles. The number of imidazole rings is 1. The molecule has 0 spiro atoms. The van der Waals surface area contributed by atoms with Gasteiger partial charge in [0.2, 0.25) is 47.7 Å². The fourth-order valence-electron chi connectivity index (χ4n) is 16.3. The molecule has 0 saturated carbocycles. The van der Waals surface area contributed by atoms with Crippen LogP contribution in [0.25, 0.3) is 33.1 Å². The van der Waals surface area contributed by atoms with Gasteiger partial charge in [-0.05, 0) is 89.2 Å². The van der Waals surface area contributed by atoms with E-state index >= 15 is 9.59 Å². The number of benzene rings is 5. The van der Waals surface area contributed by atoms with E-state index in [2.05, 4.69) is 36.1 Å². The van der Waals surface area contributed by atoms with E-state index in [0.717, 1.165) is 55.3 Å². The first kappa shape index (κ1) is 77.1. The molecule has 0 radical (unpaired) electrons. The molecule has 584 valence electrons. The summed E-state index contributed by atoms with van der Waals surface area (Å²) in [5.74, 6) is -3.80. The zero-order valence-electron chi connectivity index (χ0n) is 64.2. The molecule has 14 rings (SSSR count). The van der Waals surface area contributed by atoms with Gasteiger partial charge in [0.15, 0.2) is 0 Å². The van der Waals surface area contributed by atoms with Crippen molar-refractivity contribution < 1.29 is 67.0 Å². The third-order valence-electron chi connectivity index (χ3n) is 22.2. The Hall–Kier alpha value is -11.6. The predicted octanol–water partition coefficient (Wildman–Crippen LogP) is 7.54. The second-order valence-electron chi connectivity index (χ2n) is 30.8. The lowest BCUT2D eigenvalue weighted by Crippen LogP contribution is -2.55. The number of aliphatic hydroxyl groups excluding tert-OH is 1. The Balaban J connectivity index is 0.670. The van der Waals surface area contributed by atoms with Crippen molar-refractivity contribution in [1.82, 2.24) is 70.0 Å². The number of nitrogens with one attached hydrogen (secondary N) is 3. The zero-order valence-corrected chi connectivity index (χ0v) is 65.0. The minimum absolute atomic E-state index is 0.00928. The van der Waals surface area contributed by atoms with Crippen molar-refractivity contribution in [1.29, 1.82) is 0 Å². The summed E-state index contributed by atoms with van der Waals surface area (Å²) in [6, 6.07) is 26.8. The number of hydrogen-bond donors (Lipinski definition) is 4. The van der Waals surface area contributed by atoms with E-state index in [1.807, 2.05) is 128 Å². The number of thiazole rings is 1. The number of methoxy groups -OCH3 is 1. The predicted molar refractivity (Wildman–Crippen MR) is 411 cm³/mol. The molecular weight excluding hydrogens is 1450 g/mol. The molecule has 3 fully saturated rings. The number of amides is 9. The van der Waals surface area contributed by atoms with Gasteiger partial charge < -0.3 is 73.8 Å². The molecule has 4 N–H and O–H groups in total. The number of hydrogen-bond acceptors (Lipinski definition) is 19. The molecule has 3 saturated heterocycles. The first-order chi connectivity index (χ1) is 53.8. The molecule has 0 unspecified atom stereocenters. The molecule has 6 aliphatic rings. The number of likely N-dealkylation sites (tertiary alicyclic amines) is 3. The van der Waals surface area contributed by atoms with Gasteiger partial charge in [-0.1, -0.05) is 132 Å². The van der Waals surface area contributed by atoms with E-state index in [1.165, 1.54) is 49.0 Å². The summed E-state index contributed by atoms with van der Waals surface area (Å²) in [5.41, 5.74) is 11.4. The number of ether oxygens (including phenoxy) is 3. The van der Waals surface area contributed by atoms with Crippen LogP contribution in [0.4, 0.5) is 0 Å². The Morgan fingerprint density at radius 2 is 1.02 bits per heavy atom. The number of fused-ring (bicyclic) bond motifs is 2. The molecular formula is C83H92N14O14S. The van der Waals surface area contributed by atoms with Gasteiger partial charge in [0.25, 0.3) is 17.7 Å². The molecule has 3 aromatic heterocycles. The number of carbonyl (C=O) groups excluding carboxylic acids is 9. The zero-order chi connectivity index (χ0) is 79.1. The molecule has 9 amide bonds. The van der Waals surface area contributed by atoms with Crippen LogP contribution in [0.3, 0.4) is 0 Å². The van der Waals surface area contributed by atoms with Gasteiger partial charge in [0, 0.05) is 99.6 Å². The Kier molecular flexibility index (Phi) is 22.3. The number of aryl methyl sites for hydroxylation is 2. The maximum Gasteiger partial charge on any atom is 0.255 e. The summed E-state index contributed by atoms with van der Waals surface area (Å²) in [7, 11) is 3.39. The number of aliphatic hydroxyl groups is 1. The third-order valence-corrected chi connectivity index (χ3v) is 23.2. The minimum atomic E-state index is -1.08. The van der Waals surface area contributed by atoms with Crippen LogP contribution >= 0.6 is 11.3 Å². The SMILES string of the molecule is COC1=CC(=O)N([C@H](C(=O)N2C[C@H](Oc3ccc4c(c3)C(=O)N([C@H](C(=O)N3C[C@H](Oc5ccc6c(c5)C(=O)N([C@H](C(=O)N5C[C@H](O)C[C@H]5C(=O)NCc5ccc(-c7ncon7)cc5)C(C)C)C6)C[C@H]3C(=O)NCc3ccc(-c5ncn(C)c5C)cc3)C(C)C)C4)C[C@H]2C(=O)NCc2ccc(-c3scnc3C)cc2)C(C)C)C1. The van der Waals surface area contributed by atoms with Crippen LogP contribution in [0, 0.1) is 31.6 Å². The minimum Gasteiger partial charge on any atom is -0.499 e. The van der Waals surface area contributed by atoms with E-state index in [0.29, 0.717) is 28.5 Å². The highest BCUT2D eigenvalue weighted by Crippen LogP contribution is 2.38. The van der Waals surface area contributed by atoms with Crippen molar-refractivity contribution >= 4 is 64.5 Å². The number of aromatic nitrogens is 5. The van der Waals surface area contributed by atoms with Gasteiger partial charge in [0.05, 0.1) is 61.0 Å². The van der Waals surface area contributed by atoms with E-state index in [1.54, 1.807) is 71.7 Å². The van der Waals surface area contributed by atoms with E-state index < -0.39 is 114 Å². The van der Waals surface area contributed by atoms with Crippen LogP contribution in [-0.4, -0.2) is 200 Å². The fraction of sp³-hybridized carbons (Fsp3) is 0.410. The Bertz CT molecular complexity index is 4940. The molecule has 9 heterocycles. The summed E-state index contributed by atoms with van der Waals surface area (Å²) in [5, 5.41) is 23.9. The summed E-state index contributed by atoms with van der Waals surface area (Å²) in [6.45, 7) is 15.4. The number of nitrogens with zero attached hydrogens (tertiary/aromatic N) is 11. The van der Waals surface area contributed by atoms with Crippen LogP contribution in [-0.2, 0) is 78.1 Å². The maximum atomic E-state index is 15.7. The van der Waals surface area contributed by atoms with Crippen molar-refractivity contribution in [2.75, 3.05) is 33.3 Å². The monoisotopic (exact) mass is 1540 g/mol. The lowest BCUT2D eigenvalue weighted by atomic mass is 10.0. The highest BCUT2D eigenvalue weighted by Gasteiger charge is 2.51. The average Bonchev–Trinajstić information content (AvgIpc) is 1.62. The number of rotatable bonds is 26. The maximum absolute atomic E-state index is 15.7. The van der Waals surface area contributed by atoms with Crippen LogP contribution < -0.4 is 25.4 Å². The van der Waals surface area contributed by atoms with Gasteiger partial charge in [-0.15, -0.1) is 11.3 Å². The highest BCUT2D eigenvalue weighted by molar-refractivity contribution is 7.13. The molecule has 112 heavy (non-hydrogen) atoms. The third kappa shape index (κ3) is 15.8. The van der Waals surface area contributed by atoms with Crippen LogP contribution in [0.5, 0.6) is 11.5 Å². The number of β-amino-alcohol motifs (C(OH)–C–C–N with tert-alkyl or cyclic N) is 1. The lowest BCUT2D eigenvalue weighted by molar-refractivity contribution is -0.147. The second kappa shape index (κ2) is 32.4. The molecule has 9 atom stereocenters. The summed E-state index contributed by atoms with van der Waals surface area (Å²) in [6.07, 6.45) is 1.97. The van der Waals surface area contributed by atoms with Gasteiger partial charge in [-0.2, -0.15) is 4.98 Å². The Morgan fingerprint density at radius 3 is 1.44 bits per heavy atom. The molecule has 28 nitrogen and oxygen atoms in total. The largest absolute Gasteiger partial charge is 0.499 e. The van der Waals surface area contributed by atoms with Crippen LogP contribution in [0.2, 0.25) is 0 Å². The lowest BCUT2D eigenvalue weighted by Gasteiger charge is -2.35. The topological polar surface area (TPSA) is 327 Å². The standard InChI is InChI=1S/C83H92N14O14S/c1-45(2)71(95-39-61(108-10)32-69(95)99)81(105)93-40-62(30-67(93)77(101)86-34-51-13-19-54(20-14-51)74-48(7)89-44-112-74)110-59-26-24-57-37-97(80(104)65(57)29-59)73(47(5)6)83(107)94-41-63(31-68(94)78(102)85-33-50-11-17-53(18-12-50)70-49(8)91(9)42-87-70)111-60-25-23-56-36-96(79(103)64(56)28-60)72(46(3)4)82(106)92-38-58(98)27-66(92)76(100)84-35-52-15-21-55(22-16-52)75-88-43-109-90-75/h11-26,28-29,32,42-47,58,62-63,66-68,71-73,98H,27,30-31,33-41H2,1-10H3,(H,84,100)(H,85,102)(H,86,101)/t58-,62-,63-,66+,67+,68+,71+,72+,73+/m1/s1. The van der Waals surface area contributed by atoms with Gasteiger partial charge >= 0.3 is 0 Å². The van der Waals surface area contributed by atoms with Crippen molar-refractivity contribution in [3.05, 3.63) is 190 Å². The summed E-state index contributed by atoms with van der Waals surface area (Å²) < 4.78 is 25.6. The van der Waals surface area contributed by atoms with Gasteiger partial charge in [-0.3, -0.25) is 43.2 Å². The van der Waals surface area contributed by atoms with E-state index in [9.17, 15) is 38.7 Å². The van der Waals surface area contributed by atoms with Crippen LogP contribution in [0.1, 0.15) is 121 Å². The Labute approximate surface area is 652 Å². The molecule has 8 aromatic rings. The quantitative estimate of drug-likeness (QED) is 0.0406. The van der Waals surface area contributed by atoms with Crippen LogP contribution in [0.15, 0.2) is 144 Å². The molecule has 29 heteroatoms.